The fourth-order valence-electron chi connectivity index (χ4n) is 2.28. The van der Waals surface area contributed by atoms with Crippen molar-refractivity contribution in [3.63, 3.8) is 0 Å². The van der Waals surface area contributed by atoms with Crippen molar-refractivity contribution in [1.82, 2.24) is 19.6 Å². The predicted octanol–water partition coefficient (Wildman–Crippen LogP) is 1.16. The Morgan fingerprint density at radius 3 is 2.77 bits per heavy atom. The molecule has 0 saturated heterocycles. The molecule has 0 atom stereocenters. The summed E-state index contributed by atoms with van der Waals surface area (Å²) in [4.78, 5) is 29.1. The Morgan fingerprint density at radius 2 is 2.14 bits per heavy atom. The highest BCUT2D eigenvalue weighted by molar-refractivity contribution is 5.75. The molecule has 22 heavy (non-hydrogen) atoms. The van der Waals surface area contributed by atoms with Crippen LogP contribution in [0.3, 0.4) is 0 Å². The topological polar surface area (TPSA) is 81.2 Å². The third-order valence-electron chi connectivity index (χ3n) is 3.92. The molecule has 116 valence electrons. The summed E-state index contributed by atoms with van der Waals surface area (Å²) in [6.45, 7) is 0.485. The van der Waals surface area contributed by atoms with E-state index < -0.39 is 0 Å². The molecular weight excluding hydrogens is 284 g/mol. The van der Waals surface area contributed by atoms with E-state index in [1.165, 1.54) is 18.6 Å². The molecule has 0 N–H and O–H groups in total. The van der Waals surface area contributed by atoms with Gasteiger partial charge >= 0.3 is 0 Å². The van der Waals surface area contributed by atoms with E-state index in [1.54, 1.807) is 28.9 Å². The van der Waals surface area contributed by atoms with E-state index in [4.69, 9.17) is 4.52 Å². The van der Waals surface area contributed by atoms with Crippen molar-refractivity contribution in [3.05, 3.63) is 46.5 Å². The zero-order valence-corrected chi connectivity index (χ0v) is 12.4. The van der Waals surface area contributed by atoms with Crippen molar-refractivity contribution < 1.29 is 9.32 Å². The van der Waals surface area contributed by atoms with Crippen LogP contribution in [0.25, 0.3) is 0 Å². The number of nitrogens with zero attached hydrogens (tertiary/aromatic N) is 4. The van der Waals surface area contributed by atoms with Gasteiger partial charge in [-0.15, -0.1) is 0 Å². The van der Waals surface area contributed by atoms with Crippen molar-refractivity contribution in [2.75, 3.05) is 7.05 Å². The van der Waals surface area contributed by atoms with Gasteiger partial charge in [0.05, 0.1) is 6.54 Å². The fraction of sp³-hybridized carbons (Fsp3) is 0.467. The van der Waals surface area contributed by atoms with Gasteiger partial charge in [-0.2, -0.15) is 4.98 Å². The second kappa shape index (κ2) is 6.13. The lowest BCUT2D eigenvalue weighted by molar-refractivity contribution is -0.131. The maximum atomic E-state index is 12.2. The first kappa shape index (κ1) is 14.5. The SMILES string of the molecule is CN(Cc1noc(C2CCC2)n1)C(=O)Cn1ccc(=O)cc1. The van der Waals surface area contributed by atoms with Gasteiger partial charge in [0.25, 0.3) is 0 Å². The molecule has 0 radical (unpaired) electrons. The minimum Gasteiger partial charge on any atom is -0.345 e. The molecule has 1 aliphatic carbocycles. The average molecular weight is 302 g/mol. The number of carbonyl (C=O) groups is 1. The summed E-state index contributed by atoms with van der Waals surface area (Å²) < 4.78 is 6.90. The van der Waals surface area contributed by atoms with Gasteiger partial charge in [-0.05, 0) is 12.8 Å². The van der Waals surface area contributed by atoms with Gasteiger partial charge < -0.3 is 14.0 Å². The van der Waals surface area contributed by atoms with Crippen LogP contribution in [-0.2, 0) is 17.9 Å². The first-order chi connectivity index (χ1) is 10.6. The molecule has 1 saturated carbocycles. The van der Waals surface area contributed by atoms with Crippen molar-refractivity contribution in [1.29, 1.82) is 0 Å². The molecule has 0 aliphatic heterocycles. The molecule has 3 rings (SSSR count). The maximum Gasteiger partial charge on any atom is 0.242 e. The second-order valence-corrected chi connectivity index (χ2v) is 5.63. The van der Waals surface area contributed by atoms with E-state index in [1.807, 2.05) is 0 Å². The number of hydrogen-bond donors (Lipinski definition) is 0. The first-order valence-corrected chi connectivity index (χ1v) is 7.34. The summed E-state index contributed by atoms with van der Waals surface area (Å²) in [5, 5.41) is 3.93. The van der Waals surface area contributed by atoms with Crippen molar-refractivity contribution in [2.45, 2.75) is 38.3 Å². The molecule has 1 fully saturated rings. The molecule has 0 bridgehead atoms. The molecule has 0 aromatic carbocycles. The first-order valence-electron chi connectivity index (χ1n) is 7.34. The molecule has 7 heteroatoms. The zero-order chi connectivity index (χ0) is 15.5. The van der Waals surface area contributed by atoms with E-state index in [-0.39, 0.29) is 17.9 Å². The highest BCUT2D eigenvalue weighted by Crippen LogP contribution is 2.35. The summed E-state index contributed by atoms with van der Waals surface area (Å²) in [7, 11) is 1.70. The minimum atomic E-state index is -0.0846. The van der Waals surface area contributed by atoms with Crippen LogP contribution in [0, 0.1) is 0 Å². The fourth-order valence-corrected chi connectivity index (χ4v) is 2.28. The van der Waals surface area contributed by atoms with Crippen LogP contribution in [-0.4, -0.2) is 32.6 Å². The summed E-state index contributed by atoms with van der Waals surface area (Å²) in [5.74, 6) is 1.52. The Hall–Kier alpha value is -2.44. The van der Waals surface area contributed by atoms with Gasteiger partial charge in [-0.3, -0.25) is 9.59 Å². The monoisotopic (exact) mass is 302 g/mol. The van der Waals surface area contributed by atoms with Crippen molar-refractivity contribution in [2.24, 2.45) is 0 Å². The number of hydrogen-bond acceptors (Lipinski definition) is 5. The summed E-state index contributed by atoms with van der Waals surface area (Å²) in [5.41, 5.74) is -0.0765. The van der Waals surface area contributed by atoms with Gasteiger partial charge in [0, 0.05) is 37.5 Å². The summed E-state index contributed by atoms with van der Waals surface area (Å²) in [6, 6.07) is 2.86. The van der Waals surface area contributed by atoms with Gasteiger partial charge in [0.1, 0.15) is 6.54 Å². The Morgan fingerprint density at radius 1 is 1.41 bits per heavy atom. The van der Waals surface area contributed by atoms with Gasteiger partial charge in [0.15, 0.2) is 11.3 Å². The van der Waals surface area contributed by atoms with E-state index in [0.29, 0.717) is 24.2 Å². The molecule has 1 aliphatic rings. The average Bonchev–Trinajstić information content (AvgIpc) is 2.87. The number of amides is 1. The van der Waals surface area contributed by atoms with E-state index in [9.17, 15) is 9.59 Å². The van der Waals surface area contributed by atoms with Gasteiger partial charge in [0.2, 0.25) is 11.8 Å². The summed E-state index contributed by atoms with van der Waals surface area (Å²) >= 11 is 0. The van der Waals surface area contributed by atoms with Crippen molar-refractivity contribution >= 4 is 5.91 Å². The minimum absolute atomic E-state index is 0.0765. The Bertz CT molecular complexity index is 697. The lowest BCUT2D eigenvalue weighted by Gasteiger charge is -2.20. The van der Waals surface area contributed by atoms with Crippen LogP contribution in [0.2, 0.25) is 0 Å². The molecule has 1 amide bonds. The number of carbonyl (C=O) groups excluding carboxylic acids is 1. The number of pyridine rings is 1. The highest BCUT2D eigenvalue weighted by atomic mass is 16.5. The smallest absolute Gasteiger partial charge is 0.242 e. The van der Waals surface area contributed by atoms with Crippen LogP contribution >= 0.6 is 0 Å². The molecule has 2 aromatic heterocycles. The molecule has 7 nitrogen and oxygen atoms in total. The maximum absolute atomic E-state index is 12.2. The predicted molar refractivity (Wildman–Crippen MR) is 78.1 cm³/mol. The molecule has 0 spiro atoms. The normalized spacial score (nSPS) is 14.6. The molecule has 0 unspecified atom stereocenters. The largest absolute Gasteiger partial charge is 0.345 e. The molecule has 2 heterocycles. The zero-order valence-electron chi connectivity index (χ0n) is 12.4. The number of aromatic nitrogens is 3. The lowest BCUT2D eigenvalue weighted by Crippen LogP contribution is -2.30. The van der Waals surface area contributed by atoms with Crippen LogP contribution in [0.1, 0.15) is 36.9 Å². The second-order valence-electron chi connectivity index (χ2n) is 5.63. The Labute approximate surface area is 127 Å². The van der Waals surface area contributed by atoms with E-state index in [2.05, 4.69) is 10.1 Å². The molecule has 2 aromatic rings. The van der Waals surface area contributed by atoms with Gasteiger partial charge in [-0.25, -0.2) is 0 Å². The number of rotatable bonds is 5. The third-order valence-corrected chi connectivity index (χ3v) is 3.92. The Kier molecular flexibility index (Phi) is 4.04. The van der Waals surface area contributed by atoms with Crippen molar-refractivity contribution in [3.8, 4) is 0 Å². The van der Waals surface area contributed by atoms with E-state index >= 15 is 0 Å². The summed E-state index contributed by atoms with van der Waals surface area (Å²) in [6.07, 6.45) is 6.60. The van der Waals surface area contributed by atoms with Crippen LogP contribution in [0.4, 0.5) is 0 Å². The third kappa shape index (κ3) is 3.24. The van der Waals surface area contributed by atoms with Crippen LogP contribution < -0.4 is 5.43 Å². The van der Waals surface area contributed by atoms with Gasteiger partial charge in [-0.1, -0.05) is 11.6 Å². The Balaban J connectivity index is 1.57. The number of likely N-dealkylation sites (N-methyl/N-ethyl adjacent to an activating group) is 1. The quantitative estimate of drug-likeness (QED) is 0.827. The van der Waals surface area contributed by atoms with E-state index in [0.717, 1.165) is 12.8 Å². The van der Waals surface area contributed by atoms with Crippen LogP contribution in [0.15, 0.2) is 33.8 Å². The van der Waals surface area contributed by atoms with Crippen LogP contribution in [0.5, 0.6) is 0 Å². The lowest BCUT2D eigenvalue weighted by atomic mass is 9.85. The molecular formula is C15H18N4O3. The standard InChI is InChI=1S/C15H18N4O3/c1-18(14(21)10-19-7-5-12(20)6-8-19)9-13-16-15(22-17-13)11-3-2-4-11/h5-8,11H,2-4,9-10H2,1H3. The highest BCUT2D eigenvalue weighted by Gasteiger charge is 2.25.